The van der Waals surface area contributed by atoms with Gasteiger partial charge in [0.1, 0.15) is 0 Å². The summed E-state index contributed by atoms with van der Waals surface area (Å²) in [5, 5.41) is 3.13. The molecule has 0 saturated carbocycles. The highest BCUT2D eigenvalue weighted by atomic mass is 32.2. The average molecular weight is 208 g/mol. The van der Waals surface area contributed by atoms with E-state index in [4.69, 9.17) is 0 Å². The summed E-state index contributed by atoms with van der Waals surface area (Å²) in [6.07, 6.45) is 1.26. The van der Waals surface area contributed by atoms with Crippen molar-refractivity contribution in [3.63, 3.8) is 0 Å². The van der Waals surface area contributed by atoms with Crippen molar-refractivity contribution in [1.29, 1.82) is 0 Å². The number of rotatable bonds is 1. The van der Waals surface area contributed by atoms with Gasteiger partial charge in [-0.2, -0.15) is 4.31 Å². The van der Waals surface area contributed by atoms with Gasteiger partial charge in [0, 0.05) is 25.7 Å². The van der Waals surface area contributed by atoms with Gasteiger partial charge in [-0.25, -0.2) is 8.42 Å². The van der Waals surface area contributed by atoms with Crippen LogP contribution in [-0.2, 0) is 10.0 Å². The minimum absolute atomic E-state index is 0.0961. The maximum atomic E-state index is 11.1. The standard InChI is InChI=1S/C6H14N2O2S.C2H6/c1-6-5-7-3-4-8(6)11(2,9)10;1-2/h6-7H,3-5H2,1-2H3;1-2H3/t6-;/m1./s1. The lowest BCUT2D eigenvalue weighted by Crippen LogP contribution is -2.51. The normalized spacial score (nSPS) is 24.8. The van der Waals surface area contributed by atoms with Crippen molar-refractivity contribution in [1.82, 2.24) is 9.62 Å². The van der Waals surface area contributed by atoms with Gasteiger partial charge in [-0.3, -0.25) is 0 Å². The van der Waals surface area contributed by atoms with Crippen molar-refractivity contribution >= 4 is 10.0 Å². The third-order valence-electron chi connectivity index (χ3n) is 1.87. The Kier molecular flexibility index (Phi) is 5.51. The van der Waals surface area contributed by atoms with Crippen molar-refractivity contribution in [3.05, 3.63) is 0 Å². The number of piperazine rings is 1. The summed E-state index contributed by atoms with van der Waals surface area (Å²) in [6, 6.07) is 0.0961. The minimum atomic E-state index is -2.98. The van der Waals surface area contributed by atoms with Gasteiger partial charge in [-0.15, -0.1) is 0 Å². The zero-order valence-electron chi connectivity index (χ0n) is 8.87. The van der Waals surface area contributed by atoms with Crippen LogP contribution in [-0.4, -0.2) is 44.7 Å². The topological polar surface area (TPSA) is 49.4 Å². The second-order valence-corrected chi connectivity index (χ2v) is 4.86. The van der Waals surface area contributed by atoms with E-state index in [-0.39, 0.29) is 6.04 Å². The van der Waals surface area contributed by atoms with Gasteiger partial charge in [0.2, 0.25) is 10.0 Å². The molecular formula is C8H20N2O2S. The van der Waals surface area contributed by atoms with Gasteiger partial charge < -0.3 is 5.32 Å². The first-order chi connectivity index (χ1) is 6.02. The number of hydrogen-bond acceptors (Lipinski definition) is 3. The second-order valence-electron chi connectivity index (χ2n) is 2.93. The van der Waals surface area contributed by atoms with E-state index in [2.05, 4.69) is 5.32 Å². The van der Waals surface area contributed by atoms with Crippen LogP contribution < -0.4 is 5.32 Å². The third-order valence-corrected chi connectivity index (χ3v) is 3.26. The molecule has 0 aromatic rings. The molecule has 5 heteroatoms. The summed E-state index contributed by atoms with van der Waals surface area (Å²) < 4.78 is 23.7. The monoisotopic (exact) mass is 208 g/mol. The Bertz CT molecular complexity index is 226. The molecule has 1 saturated heterocycles. The van der Waals surface area contributed by atoms with Crippen LogP contribution in [0, 0.1) is 0 Å². The highest BCUT2D eigenvalue weighted by Gasteiger charge is 2.25. The van der Waals surface area contributed by atoms with Gasteiger partial charge >= 0.3 is 0 Å². The second kappa shape index (κ2) is 5.57. The summed E-state index contributed by atoms with van der Waals surface area (Å²) >= 11 is 0. The zero-order valence-corrected chi connectivity index (χ0v) is 9.69. The number of nitrogens with one attached hydrogen (secondary N) is 1. The summed E-state index contributed by atoms with van der Waals surface area (Å²) in [6.45, 7) is 8.03. The Labute approximate surface area is 81.4 Å². The molecule has 0 aliphatic carbocycles. The van der Waals surface area contributed by atoms with E-state index in [0.717, 1.165) is 13.1 Å². The molecule has 1 heterocycles. The Balaban J connectivity index is 0.000000671. The summed E-state index contributed by atoms with van der Waals surface area (Å²) in [4.78, 5) is 0. The van der Waals surface area contributed by atoms with Crippen LogP contribution in [0.5, 0.6) is 0 Å². The first-order valence-corrected chi connectivity index (χ1v) is 6.54. The molecule has 1 aliphatic heterocycles. The molecule has 0 aromatic carbocycles. The molecule has 1 rings (SSSR count). The van der Waals surface area contributed by atoms with Crippen molar-refractivity contribution in [2.24, 2.45) is 0 Å². The Morgan fingerprint density at radius 3 is 2.23 bits per heavy atom. The Hall–Kier alpha value is -0.130. The highest BCUT2D eigenvalue weighted by molar-refractivity contribution is 7.88. The van der Waals surface area contributed by atoms with E-state index < -0.39 is 10.0 Å². The van der Waals surface area contributed by atoms with E-state index in [0.29, 0.717) is 6.54 Å². The molecule has 0 bridgehead atoms. The molecule has 0 radical (unpaired) electrons. The Morgan fingerprint density at radius 1 is 1.38 bits per heavy atom. The van der Waals surface area contributed by atoms with Gasteiger partial charge in [0.05, 0.1) is 6.26 Å². The van der Waals surface area contributed by atoms with Crippen LogP contribution in [0.3, 0.4) is 0 Å². The lowest BCUT2D eigenvalue weighted by atomic mass is 10.3. The van der Waals surface area contributed by atoms with Crippen molar-refractivity contribution < 1.29 is 8.42 Å². The van der Waals surface area contributed by atoms with Crippen LogP contribution in [0.2, 0.25) is 0 Å². The Morgan fingerprint density at radius 2 is 1.92 bits per heavy atom. The van der Waals surface area contributed by atoms with Crippen molar-refractivity contribution in [2.45, 2.75) is 26.8 Å². The quantitative estimate of drug-likeness (QED) is 0.673. The van der Waals surface area contributed by atoms with Crippen LogP contribution in [0.15, 0.2) is 0 Å². The SMILES string of the molecule is CC.C[C@@H]1CNCCN1S(C)(=O)=O. The summed E-state index contributed by atoms with van der Waals surface area (Å²) in [7, 11) is -2.98. The predicted octanol–water partition coefficient (Wildman–Crippen LogP) is 0.266. The smallest absolute Gasteiger partial charge is 0.211 e. The molecule has 1 atom stereocenters. The molecule has 1 aliphatic rings. The van der Waals surface area contributed by atoms with Crippen molar-refractivity contribution in [2.75, 3.05) is 25.9 Å². The minimum Gasteiger partial charge on any atom is -0.314 e. The first-order valence-electron chi connectivity index (χ1n) is 4.69. The largest absolute Gasteiger partial charge is 0.314 e. The molecule has 80 valence electrons. The molecule has 1 N–H and O–H groups in total. The predicted molar refractivity (Wildman–Crippen MR) is 55.2 cm³/mol. The zero-order chi connectivity index (χ0) is 10.5. The van der Waals surface area contributed by atoms with Gasteiger partial charge in [0.15, 0.2) is 0 Å². The maximum Gasteiger partial charge on any atom is 0.211 e. The number of sulfonamides is 1. The van der Waals surface area contributed by atoms with E-state index in [9.17, 15) is 8.42 Å². The van der Waals surface area contributed by atoms with Crippen LogP contribution in [0.25, 0.3) is 0 Å². The average Bonchev–Trinajstić information content (AvgIpc) is 2.07. The fourth-order valence-electron chi connectivity index (χ4n) is 1.32. The van der Waals surface area contributed by atoms with E-state index >= 15 is 0 Å². The lowest BCUT2D eigenvalue weighted by Gasteiger charge is -2.31. The molecule has 13 heavy (non-hydrogen) atoms. The molecule has 0 spiro atoms. The molecule has 0 amide bonds. The number of nitrogens with zero attached hydrogens (tertiary/aromatic N) is 1. The molecule has 4 nitrogen and oxygen atoms in total. The molecular weight excluding hydrogens is 188 g/mol. The first kappa shape index (κ1) is 12.9. The molecule has 0 aromatic heterocycles. The van der Waals surface area contributed by atoms with Gasteiger partial charge in [-0.05, 0) is 6.92 Å². The van der Waals surface area contributed by atoms with Gasteiger partial charge in [-0.1, -0.05) is 13.8 Å². The van der Waals surface area contributed by atoms with Crippen LogP contribution in [0.4, 0.5) is 0 Å². The van der Waals surface area contributed by atoms with Crippen molar-refractivity contribution in [3.8, 4) is 0 Å². The lowest BCUT2D eigenvalue weighted by molar-refractivity contribution is 0.285. The molecule has 1 fully saturated rings. The maximum absolute atomic E-state index is 11.1. The van der Waals surface area contributed by atoms with Crippen LogP contribution >= 0.6 is 0 Å². The third kappa shape index (κ3) is 4.06. The van der Waals surface area contributed by atoms with Gasteiger partial charge in [0.25, 0.3) is 0 Å². The van der Waals surface area contributed by atoms with Crippen LogP contribution in [0.1, 0.15) is 20.8 Å². The summed E-state index contributed by atoms with van der Waals surface area (Å²) in [5.41, 5.74) is 0. The highest BCUT2D eigenvalue weighted by Crippen LogP contribution is 2.06. The number of hydrogen-bond donors (Lipinski definition) is 1. The fourth-order valence-corrected chi connectivity index (χ4v) is 2.47. The van der Waals surface area contributed by atoms with E-state index in [1.807, 2.05) is 20.8 Å². The molecule has 0 unspecified atom stereocenters. The fraction of sp³-hybridized carbons (Fsp3) is 1.00. The van der Waals surface area contributed by atoms with E-state index in [1.165, 1.54) is 10.6 Å². The van der Waals surface area contributed by atoms with E-state index in [1.54, 1.807) is 0 Å². The summed E-state index contributed by atoms with van der Waals surface area (Å²) in [5.74, 6) is 0.